The summed E-state index contributed by atoms with van der Waals surface area (Å²) in [5.41, 5.74) is 2.89. The standard InChI is InChI=1S/C13H12N2O/c1-9-7-12(10(2)14-8-16)11-5-3-4-6-13(11)15-9/h3-7,10H,1-2H3. The van der Waals surface area contributed by atoms with Crippen molar-refractivity contribution in [3.8, 4) is 0 Å². The fourth-order valence-electron chi connectivity index (χ4n) is 1.83. The number of pyridine rings is 1. The van der Waals surface area contributed by atoms with Gasteiger partial charge in [0.25, 0.3) is 0 Å². The zero-order valence-electron chi connectivity index (χ0n) is 9.27. The molecule has 3 heteroatoms. The first kappa shape index (κ1) is 10.5. The van der Waals surface area contributed by atoms with Crippen molar-refractivity contribution in [1.82, 2.24) is 4.98 Å². The smallest absolute Gasteiger partial charge is 0.235 e. The molecule has 0 saturated heterocycles. The van der Waals surface area contributed by atoms with Gasteiger partial charge >= 0.3 is 0 Å². The molecule has 3 nitrogen and oxygen atoms in total. The molecule has 1 atom stereocenters. The molecule has 1 aromatic carbocycles. The van der Waals surface area contributed by atoms with Gasteiger partial charge in [0.1, 0.15) is 0 Å². The van der Waals surface area contributed by atoms with Gasteiger partial charge in [-0.1, -0.05) is 18.2 Å². The molecule has 1 heterocycles. The molecule has 0 N–H and O–H groups in total. The fourth-order valence-corrected chi connectivity index (χ4v) is 1.83. The summed E-state index contributed by atoms with van der Waals surface area (Å²) < 4.78 is 0. The normalized spacial score (nSPS) is 12.1. The van der Waals surface area contributed by atoms with Crippen molar-refractivity contribution in [2.75, 3.05) is 0 Å². The first-order valence-corrected chi connectivity index (χ1v) is 5.15. The van der Waals surface area contributed by atoms with Gasteiger partial charge in [-0.25, -0.2) is 4.79 Å². The Morgan fingerprint density at radius 3 is 2.88 bits per heavy atom. The lowest BCUT2D eigenvalue weighted by Crippen LogP contribution is -1.95. The Kier molecular flexibility index (Phi) is 2.80. The summed E-state index contributed by atoms with van der Waals surface area (Å²) in [6.45, 7) is 3.82. The van der Waals surface area contributed by atoms with Crippen LogP contribution < -0.4 is 0 Å². The maximum Gasteiger partial charge on any atom is 0.235 e. The first-order valence-electron chi connectivity index (χ1n) is 5.15. The highest BCUT2D eigenvalue weighted by atomic mass is 16.1. The summed E-state index contributed by atoms with van der Waals surface area (Å²) in [5, 5.41) is 1.04. The van der Waals surface area contributed by atoms with E-state index in [0.717, 1.165) is 22.2 Å². The molecule has 0 spiro atoms. The SMILES string of the molecule is Cc1cc(C(C)N=C=O)c2ccccc2n1. The van der Waals surface area contributed by atoms with Crippen molar-refractivity contribution < 1.29 is 4.79 Å². The minimum Gasteiger partial charge on any atom is -0.253 e. The molecule has 0 aliphatic heterocycles. The number of nitrogens with zero attached hydrogens (tertiary/aromatic N) is 2. The summed E-state index contributed by atoms with van der Waals surface area (Å²) in [4.78, 5) is 18.5. The summed E-state index contributed by atoms with van der Waals surface area (Å²) >= 11 is 0. The number of carbonyl (C=O) groups excluding carboxylic acids is 1. The Morgan fingerprint density at radius 2 is 2.12 bits per heavy atom. The minimum absolute atomic E-state index is 0.177. The molecule has 0 saturated carbocycles. The molecule has 0 bridgehead atoms. The van der Waals surface area contributed by atoms with Crippen LogP contribution in [0.1, 0.15) is 24.2 Å². The molecular formula is C13H12N2O. The third kappa shape index (κ3) is 1.86. The molecule has 80 valence electrons. The number of aryl methyl sites for hydroxylation is 1. The number of para-hydroxylation sites is 1. The summed E-state index contributed by atoms with van der Waals surface area (Å²) in [5.74, 6) is 0. The van der Waals surface area contributed by atoms with Crippen LogP contribution in [-0.2, 0) is 4.79 Å². The Hall–Kier alpha value is -1.99. The van der Waals surface area contributed by atoms with E-state index in [9.17, 15) is 4.79 Å². The molecular weight excluding hydrogens is 200 g/mol. The zero-order chi connectivity index (χ0) is 11.5. The minimum atomic E-state index is -0.177. The van der Waals surface area contributed by atoms with Crippen molar-refractivity contribution in [2.24, 2.45) is 4.99 Å². The maximum atomic E-state index is 10.3. The molecule has 0 fully saturated rings. The van der Waals surface area contributed by atoms with Gasteiger partial charge in [0, 0.05) is 11.1 Å². The summed E-state index contributed by atoms with van der Waals surface area (Å²) in [7, 11) is 0. The van der Waals surface area contributed by atoms with E-state index in [1.54, 1.807) is 6.08 Å². The second-order valence-corrected chi connectivity index (χ2v) is 3.77. The van der Waals surface area contributed by atoms with E-state index in [2.05, 4.69) is 9.98 Å². The lowest BCUT2D eigenvalue weighted by Gasteiger charge is -2.09. The van der Waals surface area contributed by atoms with Gasteiger partial charge < -0.3 is 0 Å². The van der Waals surface area contributed by atoms with Crippen LogP contribution in [0.5, 0.6) is 0 Å². The van der Waals surface area contributed by atoms with Crippen LogP contribution in [0.4, 0.5) is 0 Å². The molecule has 1 unspecified atom stereocenters. The molecule has 0 radical (unpaired) electrons. The fraction of sp³-hybridized carbons (Fsp3) is 0.231. The van der Waals surface area contributed by atoms with Gasteiger partial charge in [0.05, 0.1) is 11.6 Å². The lowest BCUT2D eigenvalue weighted by molar-refractivity contribution is 0.559. The predicted molar refractivity (Wildman–Crippen MR) is 63.0 cm³/mol. The lowest BCUT2D eigenvalue weighted by atomic mass is 10.0. The second kappa shape index (κ2) is 4.25. The van der Waals surface area contributed by atoms with Gasteiger partial charge in [0.2, 0.25) is 6.08 Å². The van der Waals surface area contributed by atoms with Crippen LogP contribution in [0.3, 0.4) is 0 Å². The van der Waals surface area contributed by atoms with Crippen LogP contribution in [0.2, 0.25) is 0 Å². The van der Waals surface area contributed by atoms with Crippen molar-refractivity contribution in [2.45, 2.75) is 19.9 Å². The van der Waals surface area contributed by atoms with E-state index in [-0.39, 0.29) is 6.04 Å². The van der Waals surface area contributed by atoms with Crippen LogP contribution in [-0.4, -0.2) is 11.1 Å². The van der Waals surface area contributed by atoms with Crippen LogP contribution >= 0.6 is 0 Å². The Bertz CT molecular complexity index is 571. The van der Waals surface area contributed by atoms with Crippen LogP contribution in [0.25, 0.3) is 10.9 Å². The predicted octanol–water partition coefficient (Wildman–Crippen LogP) is 2.94. The average molecular weight is 212 g/mol. The van der Waals surface area contributed by atoms with Gasteiger partial charge in [-0.15, -0.1) is 0 Å². The molecule has 0 amide bonds. The zero-order valence-corrected chi connectivity index (χ0v) is 9.27. The van der Waals surface area contributed by atoms with Crippen molar-refractivity contribution in [1.29, 1.82) is 0 Å². The topological polar surface area (TPSA) is 42.3 Å². The van der Waals surface area contributed by atoms with E-state index in [4.69, 9.17) is 0 Å². The van der Waals surface area contributed by atoms with E-state index in [0.29, 0.717) is 0 Å². The number of hydrogen-bond donors (Lipinski definition) is 0. The van der Waals surface area contributed by atoms with E-state index in [1.165, 1.54) is 0 Å². The Morgan fingerprint density at radius 1 is 1.38 bits per heavy atom. The van der Waals surface area contributed by atoms with Crippen molar-refractivity contribution >= 4 is 17.0 Å². The number of fused-ring (bicyclic) bond motifs is 1. The van der Waals surface area contributed by atoms with E-state index >= 15 is 0 Å². The monoisotopic (exact) mass is 212 g/mol. The third-order valence-electron chi connectivity index (χ3n) is 2.57. The van der Waals surface area contributed by atoms with Gasteiger partial charge in [-0.05, 0) is 31.5 Å². The van der Waals surface area contributed by atoms with E-state index in [1.807, 2.05) is 44.2 Å². The summed E-state index contributed by atoms with van der Waals surface area (Å²) in [6.07, 6.45) is 1.60. The second-order valence-electron chi connectivity index (χ2n) is 3.77. The summed E-state index contributed by atoms with van der Waals surface area (Å²) in [6, 6.07) is 9.65. The molecule has 1 aromatic heterocycles. The van der Waals surface area contributed by atoms with Gasteiger partial charge in [-0.3, -0.25) is 4.98 Å². The van der Waals surface area contributed by atoms with Crippen molar-refractivity contribution in [3.05, 3.63) is 41.6 Å². The number of benzene rings is 1. The first-order chi connectivity index (χ1) is 7.72. The molecule has 0 aliphatic carbocycles. The van der Waals surface area contributed by atoms with Crippen LogP contribution in [0.15, 0.2) is 35.3 Å². The molecule has 2 aromatic rings. The number of hydrogen-bond acceptors (Lipinski definition) is 3. The third-order valence-corrected chi connectivity index (χ3v) is 2.57. The van der Waals surface area contributed by atoms with Crippen molar-refractivity contribution in [3.63, 3.8) is 0 Å². The number of isocyanates is 1. The van der Waals surface area contributed by atoms with Gasteiger partial charge in [-0.2, -0.15) is 4.99 Å². The van der Waals surface area contributed by atoms with Crippen LogP contribution in [0, 0.1) is 6.92 Å². The number of aromatic nitrogens is 1. The maximum absolute atomic E-state index is 10.3. The quantitative estimate of drug-likeness (QED) is 0.567. The largest absolute Gasteiger partial charge is 0.253 e. The molecule has 2 rings (SSSR count). The van der Waals surface area contributed by atoms with E-state index < -0.39 is 0 Å². The average Bonchev–Trinajstić information content (AvgIpc) is 2.28. The highest BCUT2D eigenvalue weighted by Crippen LogP contribution is 2.25. The Labute approximate surface area is 93.8 Å². The van der Waals surface area contributed by atoms with Gasteiger partial charge in [0.15, 0.2) is 0 Å². The molecule has 0 aliphatic rings. The Balaban J connectivity index is 2.71. The number of aliphatic imine (C=N–C) groups is 1. The number of rotatable bonds is 2. The molecule has 16 heavy (non-hydrogen) atoms. The highest BCUT2D eigenvalue weighted by molar-refractivity contribution is 5.82. The highest BCUT2D eigenvalue weighted by Gasteiger charge is 2.09.